The van der Waals surface area contributed by atoms with E-state index in [0.29, 0.717) is 31.1 Å². The third-order valence-corrected chi connectivity index (χ3v) is 5.70. The van der Waals surface area contributed by atoms with E-state index in [0.717, 1.165) is 29.7 Å². The molecule has 0 atom stereocenters. The number of hydrogen-bond donors (Lipinski definition) is 0. The molecule has 0 saturated carbocycles. The fourth-order valence-corrected chi connectivity index (χ4v) is 4.06. The van der Waals surface area contributed by atoms with Crippen LogP contribution in [0.1, 0.15) is 40.4 Å². The molecule has 5 rings (SSSR count). The van der Waals surface area contributed by atoms with Crippen LogP contribution in [0.25, 0.3) is 11.2 Å². The first kappa shape index (κ1) is 18.4. The van der Waals surface area contributed by atoms with E-state index in [2.05, 4.69) is 32.1 Å². The second-order valence-corrected chi connectivity index (χ2v) is 7.63. The van der Waals surface area contributed by atoms with Crippen LogP contribution >= 0.6 is 0 Å². The summed E-state index contributed by atoms with van der Waals surface area (Å²) in [6, 6.07) is 14.0. The number of rotatable bonds is 4. The van der Waals surface area contributed by atoms with Crippen molar-refractivity contribution >= 4 is 17.1 Å². The zero-order valence-corrected chi connectivity index (χ0v) is 16.6. The highest BCUT2D eigenvalue weighted by molar-refractivity contribution is 5.96. The van der Waals surface area contributed by atoms with Gasteiger partial charge in [0.15, 0.2) is 5.65 Å². The van der Waals surface area contributed by atoms with Gasteiger partial charge in [-0.25, -0.2) is 19.9 Å². The standard InChI is InChI=1S/C23H22N6O/c30-23(28-10-7-18(8-11-28)20-6-9-24-15-26-20)19-12-21-22(25-13-19)29(16-27-21)14-17-4-2-1-3-5-17/h1-6,9,12-13,15-16,18H,7-8,10-11,14H2. The Hall–Kier alpha value is -3.61. The molecule has 7 heteroatoms. The summed E-state index contributed by atoms with van der Waals surface area (Å²) in [5.41, 5.74) is 4.37. The number of benzene rings is 1. The van der Waals surface area contributed by atoms with Gasteiger partial charge in [-0.1, -0.05) is 30.3 Å². The molecule has 0 aliphatic carbocycles. The highest BCUT2D eigenvalue weighted by Crippen LogP contribution is 2.27. The average molecular weight is 398 g/mol. The lowest BCUT2D eigenvalue weighted by atomic mass is 9.93. The van der Waals surface area contributed by atoms with Gasteiger partial charge in [-0.15, -0.1) is 0 Å². The number of aromatic nitrogens is 5. The predicted octanol–water partition coefficient (Wildman–Crippen LogP) is 3.29. The Balaban J connectivity index is 1.29. The van der Waals surface area contributed by atoms with Crippen LogP contribution in [0, 0.1) is 0 Å². The van der Waals surface area contributed by atoms with Crippen LogP contribution in [0.15, 0.2) is 67.5 Å². The summed E-state index contributed by atoms with van der Waals surface area (Å²) in [5, 5.41) is 0. The molecular weight excluding hydrogens is 376 g/mol. The molecule has 3 aromatic heterocycles. The van der Waals surface area contributed by atoms with E-state index in [1.54, 1.807) is 25.0 Å². The van der Waals surface area contributed by atoms with E-state index in [-0.39, 0.29) is 5.91 Å². The topological polar surface area (TPSA) is 76.8 Å². The maximum atomic E-state index is 13.0. The molecule has 1 fully saturated rings. The first-order valence-electron chi connectivity index (χ1n) is 10.2. The second-order valence-electron chi connectivity index (χ2n) is 7.63. The maximum absolute atomic E-state index is 13.0. The van der Waals surface area contributed by atoms with Gasteiger partial charge in [-0.05, 0) is 30.5 Å². The van der Waals surface area contributed by atoms with Crippen molar-refractivity contribution in [1.29, 1.82) is 0 Å². The average Bonchev–Trinajstić information content (AvgIpc) is 3.22. The largest absolute Gasteiger partial charge is 0.339 e. The fourth-order valence-electron chi connectivity index (χ4n) is 4.06. The third kappa shape index (κ3) is 3.66. The van der Waals surface area contributed by atoms with Crippen molar-refractivity contribution in [2.24, 2.45) is 0 Å². The van der Waals surface area contributed by atoms with Crippen molar-refractivity contribution in [1.82, 2.24) is 29.4 Å². The number of carbonyl (C=O) groups is 1. The van der Waals surface area contributed by atoms with E-state index in [9.17, 15) is 4.79 Å². The molecule has 0 N–H and O–H groups in total. The van der Waals surface area contributed by atoms with E-state index in [1.165, 1.54) is 5.56 Å². The summed E-state index contributed by atoms with van der Waals surface area (Å²) in [6.45, 7) is 2.14. The number of hydrogen-bond acceptors (Lipinski definition) is 5. The lowest BCUT2D eigenvalue weighted by Crippen LogP contribution is -2.38. The summed E-state index contributed by atoms with van der Waals surface area (Å²) in [5.74, 6) is 0.398. The van der Waals surface area contributed by atoms with Gasteiger partial charge in [0.25, 0.3) is 5.91 Å². The zero-order valence-electron chi connectivity index (χ0n) is 16.6. The van der Waals surface area contributed by atoms with Crippen molar-refractivity contribution < 1.29 is 4.79 Å². The van der Waals surface area contributed by atoms with E-state index >= 15 is 0 Å². The number of pyridine rings is 1. The Labute approximate surface area is 174 Å². The SMILES string of the molecule is O=C(c1cnc2c(c1)ncn2Cc1ccccc1)N1CCC(c2ccncn2)CC1. The monoisotopic (exact) mass is 398 g/mol. The summed E-state index contributed by atoms with van der Waals surface area (Å²) in [6.07, 6.45) is 8.63. The molecule has 4 heterocycles. The smallest absolute Gasteiger partial charge is 0.255 e. The molecule has 1 aromatic carbocycles. The number of fused-ring (bicyclic) bond motifs is 1. The van der Waals surface area contributed by atoms with Gasteiger partial charge in [0.05, 0.1) is 18.4 Å². The van der Waals surface area contributed by atoms with E-state index < -0.39 is 0 Å². The third-order valence-electron chi connectivity index (χ3n) is 5.70. The first-order chi connectivity index (χ1) is 14.8. The van der Waals surface area contributed by atoms with Crippen LogP contribution < -0.4 is 0 Å². The van der Waals surface area contributed by atoms with Crippen LogP contribution in [-0.2, 0) is 6.54 Å². The summed E-state index contributed by atoms with van der Waals surface area (Å²) < 4.78 is 2.01. The Morgan fingerprint density at radius 2 is 1.87 bits per heavy atom. The lowest BCUT2D eigenvalue weighted by molar-refractivity contribution is 0.0712. The minimum atomic E-state index is 0.0168. The van der Waals surface area contributed by atoms with Crippen molar-refractivity contribution in [2.75, 3.05) is 13.1 Å². The molecule has 30 heavy (non-hydrogen) atoms. The summed E-state index contributed by atoms with van der Waals surface area (Å²) in [7, 11) is 0. The van der Waals surface area contributed by atoms with Crippen LogP contribution in [-0.4, -0.2) is 48.4 Å². The molecule has 4 aromatic rings. The van der Waals surface area contributed by atoms with E-state index in [1.807, 2.05) is 39.8 Å². The Morgan fingerprint density at radius 1 is 1.03 bits per heavy atom. The minimum Gasteiger partial charge on any atom is -0.339 e. The van der Waals surface area contributed by atoms with Gasteiger partial charge < -0.3 is 9.47 Å². The number of carbonyl (C=O) groups excluding carboxylic acids is 1. The van der Waals surface area contributed by atoms with Gasteiger partial charge in [-0.3, -0.25) is 4.79 Å². The summed E-state index contributed by atoms with van der Waals surface area (Å²) in [4.78, 5) is 32.3. The number of nitrogens with zero attached hydrogens (tertiary/aromatic N) is 6. The Morgan fingerprint density at radius 3 is 2.63 bits per heavy atom. The van der Waals surface area contributed by atoms with Crippen LogP contribution in [0.5, 0.6) is 0 Å². The normalized spacial score (nSPS) is 14.9. The first-order valence-corrected chi connectivity index (χ1v) is 10.2. The molecule has 0 radical (unpaired) electrons. The van der Waals surface area contributed by atoms with E-state index in [4.69, 9.17) is 0 Å². The van der Waals surface area contributed by atoms with Crippen molar-refractivity contribution in [2.45, 2.75) is 25.3 Å². The molecular formula is C23H22N6O. The zero-order chi connectivity index (χ0) is 20.3. The molecule has 7 nitrogen and oxygen atoms in total. The molecule has 150 valence electrons. The number of amides is 1. The van der Waals surface area contributed by atoms with Crippen LogP contribution in [0.2, 0.25) is 0 Å². The molecule has 0 bridgehead atoms. The predicted molar refractivity (Wildman–Crippen MR) is 113 cm³/mol. The molecule has 1 aliphatic heterocycles. The fraction of sp³-hybridized carbons (Fsp3) is 0.261. The van der Waals surface area contributed by atoms with Gasteiger partial charge in [0.2, 0.25) is 0 Å². The maximum Gasteiger partial charge on any atom is 0.255 e. The van der Waals surface area contributed by atoms with Gasteiger partial charge in [0.1, 0.15) is 11.8 Å². The second kappa shape index (κ2) is 8.02. The Bertz CT molecular complexity index is 1150. The van der Waals surface area contributed by atoms with Gasteiger partial charge in [-0.2, -0.15) is 0 Å². The van der Waals surface area contributed by atoms with Crippen molar-refractivity contribution in [3.05, 3.63) is 84.3 Å². The lowest BCUT2D eigenvalue weighted by Gasteiger charge is -2.31. The minimum absolute atomic E-state index is 0.0168. The number of imidazole rings is 1. The Kier molecular flexibility index (Phi) is 4.93. The summed E-state index contributed by atoms with van der Waals surface area (Å²) >= 11 is 0. The van der Waals surface area contributed by atoms with Crippen LogP contribution in [0.3, 0.4) is 0 Å². The van der Waals surface area contributed by atoms with Crippen molar-refractivity contribution in [3.8, 4) is 0 Å². The molecule has 0 unspecified atom stereocenters. The molecule has 0 spiro atoms. The van der Waals surface area contributed by atoms with Crippen molar-refractivity contribution in [3.63, 3.8) is 0 Å². The highest BCUT2D eigenvalue weighted by atomic mass is 16.2. The highest BCUT2D eigenvalue weighted by Gasteiger charge is 2.25. The molecule has 1 saturated heterocycles. The van der Waals surface area contributed by atoms with Crippen LogP contribution in [0.4, 0.5) is 0 Å². The quantitative estimate of drug-likeness (QED) is 0.527. The molecule has 1 amide bonds. The number of likely N-dealkylation sites (tertiary alicyclic amines) is 1. The number of piperidine rings is 1. The molecule has 1 aliphatic rings. The van der Waals surface area contributed by atoms with Gasteiger partial charge in [0, 0.05) is 37.1 Å². The van der Waals surface area contributed by atoms with Gasteiger partial charge >= 0.3 is 0 Å².